The van der Waals surface area contributed by atoms with Gasteiger partial charge in [0, 0.05) is 36.6 Å². The number of nitrogens with one attached hydrogen (secondary N) is 2. The van der Waals surface area contributed by atoms with Crippen LogP contribution in [0.1, 0.15) is 41.6 Å². The van der Waals surface area contributed by atoms with E-state index in [1.165, 1.54) is 4.31 Å². The van der Waals surface area contributed by atoms with E-state index in [1.807, 2.05) is 19.1 Å². The number of pyridine rings is 1. The lowest BCUT2D eigenvalue weighted by molar-refractivity contribution is -0.120. The average molecular weight is 493 g/mol. The Morgan fingerprint density at radius 1 is 1.00 bits per heavy atom. The molecule has 3 aromatic rings. The number of fused-ring (bicyclic) bond motifs is 1. The number of aryl methyl sites for hydroxylation is 1. The van der Waals surface area contributed by atoms with E-state index in [2.05, 4.69) is 15.6 Å². The van der Waals surface area contributed by atoms with Crippen LogP contribution in [-0.2, 0) is 14.8 Å². The first kappa shape index (κ1) is 23.4. The topological polar surface area (TPSA) is 108 Å². The molecule has 2 aromatic carbocycles. The number of aromatic nitrogens is 1. The molecule has 8 nitrogen and oxygen atoms in total. The number of amides is 2. The smallest absolute Gasteiger partial charge is 0.253 e. The van der Waals surface area contributed by atoms with Crippen molar-refractivity contribution in [2.45, 2.75) is 43.5 Å². The van der Waals surface area contributed by atoms with Crippen LogP contribution in [0.15, 0.2) is 59.6 Å². The molecule has 0 unspecified atom stereocenters. The van der Waals surface area contributed by atoms with E-state index in [-0.39, 0.29) is 41.8 Å². The first-order valence-corrected chi connectivity index (χ1v) is 13.3. The van der Waals surface area contributed by atoms with Crippen molar-refractivity contribution in [3.63, 3.8) is 0 Å². The van der Waals surface area contributed by atoms with Gasteiger partial charge >= 0.3 is 0 Å². The summed E-state index contributed by atoms with van der Waals surface area (Å²) < 4.78 is 28.2. The monoisotopic (exact) mass is 492 g/mol. The molecule has 1 saturated carbocycles. The van der Waals surface area contributed by atoms with Crippen molar-refractivity contribution in [3.05, 3.63) is 65.9 Å². The molecular formula is C26H28N4O4S. The quantitative estimate of drug-likeness (QED) is 0.548. The van der Waals surface area contributed by atoms with Crippen molar-refractivity contribution in [1.82, 2.24) is 14.6 Å². The molecule has 1 aliphatic heterocycles. The lowest BCUT2D eigenvalue weighted by Crippen LogP contribution is -2.41. The van der Waals surface area contributed by atoms with Gasteiger partial charge in [-0.2, -0.15) is 4.31 Å². The second kappa shape index (κ2) is 9.39. The van der Waals surface area contributed by atoms with Gasteiger partial charge in [-0.05, 0) is 62.4 Å². The molecule has 0 bridgehead atoms. The molecule has 2 fully saturated rings. The molecular weight excluding hydrogens is 464 g/mol. The first-order chi connectivity index (χ1) is 16.8. The van der Waals surface area contributed by atoms with Crippen LogP contribution in [0.25, 0.3) is 10.9 Å². The summed E-state index contributed by atoms with van der Waals surface area (Å²) in [5.74, 6) is -0.728. The van der Waals surface area contributed by atoms with Gasteiger partial charge in [0.15, 0.2) is 0 Å². The van der Waals surface area contributed by atoms with Gasteiger partial charge in [0.2, 0.25) is 15.9 Å². The zero-order valence-electron chi connectivity index (χ0n) is 19.5. The SMILES string of the molecule is Cc1cnc2c(S(=O)(=O)N3CCC(C(=O)Nc4ccccc4C(=O)NC4CC4)CC3)cccc2c1. The Bertz CT molecular complexity index is 1390. The molecule has 1 aromatic heterocycles. The van der Waals surface area contributed by atoms with Crippen LogP contribution >= 0.6 is 0 Å². The van der Waals surface area contributed by atoms with E-state index >= 15 is 0 Å². The van der Waals surface area contributed by atoms with Gasteiger partial charge in [-0.25, -0.2) is 8.42 Å². The molecule has 1 aliphatic carbocycles. The van der Waals surface area contributed by atoms with Gasteiger partial charge in [0.25, 0.3) is 5.91 Å². The lowest BCUT2D eigenvalue weighted by atomic mass is 9.97. The summed E-state index contributed by atoms with van der Waals surface area (Å²) in [7, 11) is -3.75. The fraction of sp³-hybridized carbons (Fsp3) is 0.346. The zero-order valence-corrected chi connectivity index (χ0v) is 20.3. The number of para-hydroxylation sites is 2. The highest BCUT2D eigenvalue weighted by atomic mass is 32.2. The minimum Gasteiger partial charge on any atom is -0.349 e. The van der Waals surface area contributed by atoms with E-state index < -0.39 is 10.0 Å². The molecule has 2 heterocycles. The summed E-state index contributed by atoms with van der Waals surface area (Å²) in [6.07, 6.45) is 4.44. The van der Waals surface area contributed by atoms with Crippen molar-refractivity contribution in [2.24, 2.45) is 5.92 Å². The van der Waals surface area contributed by atoms with Crippen molar-refractivity contribution >= 4 is 38.4 Å². The number of rotatable bonds is 6. The summed E-state index contributed by atoms with van der Waals surface area (Å²) in [6, 6.07) is 14.3. The standard InChI is InChI=1S/C26H28N4O4S/c1-17-15-19-5-4-8-23(24(19)27-16-17)35(33,34)30-13-11-18(12-14-30)25(31)29-22-7-3-2-6-21(22)26(32)28-20-9-10-20/h2-8,15-16,18,20H,9-14H2,1H3,(H,28,32)(H,29,31). The largest absolute Gasteiger partial charge is 0.349 e. The Labute approximate surface area is 204 Å². The third-order valence-corrected chi connectivity index (χ3v) is 8.53. The number of carbonyl (C=O) groups excluding carboxylic acids is 2. The van der Waals surface area contributed by atoms with Crippen LogP contribution in [0.5, 0.6) is 0 Å². The van der Waals surface area contributed by atoms with Gasteiger partial charge < -0.3 is 10.6 Å². The molecule has 9 heteroatoms. The summed E-state index contributed by atoms with van der Waals surface area (Å²) in [6.45, 7) is 2.40. The molecule has 0 spiro atoms. The van der Waals surface area contributed by atoms with E-state index in [9.17, 15) is 18.0 Å². The van der Waals surface area contributed by atoms with Crippen LogP contribution in [0.3, 0.4) is 0 Å². The molecule has 182 valence electrons. The normalized spacial score (nSPS) is 17.3. The van der Waals surface area contributed by atoms with Gasteiger partial charge in [0.05, 0.1) is 16.8 Å². The third-order valence-electron chi connectivity index (χ3n) is 6.60. The minimum atomic E-state index is -3.75. The average Bonchev–Trinajstić information content (AvgIpc) is 3.67. The Morgan fingerprint density at radius 3 is 2.49 bits per heavy atom. The number of benzene rings is 2. The highest BCUT2D eigenvalue weighted by molar-refractivity contribution is 7.89. The molecule has 1 saturated heterocycles. The number of anilines is 1. The molecule has 0 radical (unpaired) electrons. The summed E-state index contributed by atoms with van der Waals surface area (Å²) in [5, 5.41) is 6.62. The summed E-state index contributed by atoms with van der Waals surface area (Å²) in [5.41, 5.74) is 2.33. The molecule has 5 rings (SSSR count). The second-order valence-corrected chi connectivity index (χ2v) is 11.2. The van der Waals surface area contributed by atoms with Crippen molar-refractivity contribution in [3.8, 4) is 0 Å². The molecule has 0 atom stereocenters. The van der Waals surface area contributed by atoms with Crippen molar-refractivity contribution < 1.29 is 18.0 Å². The Kier molecular flexibility index (Phi) is 6.29. The van der Waals surface area contributed by atoms with E-state index in [0.29, 0.717) is 29.6 Å². The number of sulfonamides is 1. The summed E-state index contributed by atoms with van der Waals surface area (Å²) >= 11 is 0. The summed E-state index contributed by atoms with van der Waals surface area (Å²) in [4.78, 5) is 30.1. The second-order valence-electron chi connectivity index (χ2n) is 9.30. The van der Waals surface area contributed by atoms with Crippen LogP contribution in [-0.4, -0.2) is 48.7 Å². The Balaban J connectivity index is 1.26. The predicted octanol–water partition coefficient (Wildman–Crippen LogP) is 3.47. The fourth-order valence-corrected chi connectivity index (χ4v) is 6.10. The first-order valence-electron chi connectivity index (χ1n) is 11.9. The number of piperidine rings is 1. The van der Waals surface area contributed by atoms with Crippen LogP contribution in [0.2, 0.25) is 0 Å². The zero-order chi connectivity index (χ0) is 24.6. The van der Waals surface area contributed by atoms with Gasteiger partial charge in [-0.3, -0.25) is 14.6 Å². The van der Waals surface area contributed by atoms with Crippen LogP contribution in [0, 0.1) is 12.8 Å². The number of hydrogen-bond acceptors (Lipinski definition) is 5. The van der Waals surface area contributed by atoms with Gasteiger partial charge in [-0.1, -0.05) is 24.3 Å². The predicted molar refractivity (Wildman–Crippen MR) is 134 cm³/mol. The Hall–Kier alpha value is -3.30. The van der Waals surface area contributed by atoms with Gasteiger partial charge in [0.1, 0.15) is 4.90 Å². The molecule has 35 heavy (non-hydrogen) atoms. The number of carbonyl (C=O) groups is 2. The Morgan fingerprint density at radius 2 is 1.74 bits per heavy atom. The van der Waals surface area contributed by atoms with Crippen molar-refractivity contribution in [2.75, 3.05) is 18.4 Å². The van der Waals surface area contributed by atoms with E-state index in [0.717, 1.165) is 23.8 Å². The maximum atomic E-state index is 13.4. The molecule has 2 aliphatic rings. The minimum absolute atomic E-state index is 0.188. The highest BCUT2D eigenvalue weighted by Gasteiger charge is 2.33. The lowest BCUT2D eigenvalue weighted by Gasteiger charge is -2.30. The van der Waals surface area contributed by atoms with Crippen LogP contribution in [0.4, 0.5) is 5.69 Å². The fourth-order valence-electron chi connectivity index (χ4n) is 4.46. The van der Waals surface area contributed by atoms with Crippen molar-refractivity contribution in [1.29, 1.82) is 0 Å². The molecule has 2 N–H and O–H groups in total. The third kappa shape index (κ3) is 4.92. The number of hydrogen-bond donors (Lipinski definition) is 2. The van der Waals surface area contributed by atoms with Gasteiger partial charge in [-0.15, -0.1) is 0 Å². The maximum absolute atomic E-state index is 13.4. The number of nitrogens with zero attached hydrogens (tertiary/aromatic N) is 2. The van der Waals surface area contributed by atoms with E-state index in [1.54, 1.807) is 42.6 Å². The maximum Gasteiger partial charge on any atom is 0.253 e. The van der Waals surface area contributed by atoms with E-state index in [4.69, 9.17) is 0 Å². The molecule has 2 amide bonds. The van der Waals surface area contributed by atoms with Crippen LogP contribution < -0.4 is 10.6 Å². The highest BCUT2D eigenvalue weighted by Crippen LogP contribution is 2.29.